The van der Waals surface area contributed by atoms with Crippen molar-refractivity contribution < 1.29 is 13.2 Å². The van der Waals surface area contributed by atoms with Crippen LogP contribution in [-0.4, -0.2) is 34.4 Å². The molecule has 0 rings (SSSR count). The Morgan fingerprint density at radius 3 is 2.67 bits per heavy atom. The highest BCUT2D eigenvalue weighted by molar-refractivity contribution is 7.89. The topological polar surface area (TPSA) is 55.4 Å². The Hall–Kier alpha value is -0.100. The van der Waals surface area contributed by atoms with Gasteiger partial charge >= 0.3 is 0 Å². The highest BCUT2D eigenvalue weighted by atomic mass is 35.5. The van der Waals surface area contributed by atoms with E-state index in [1.807, 2.05) is 0 Å². The van der Waals surface area contributed by atoms with Crippen LogP contribution in [0.25, 0.3) is 0 Å². The maximum Gasteiger partial charge on any atom is 0.214 e. The molecule has 4 nitrogen and oxygen atoms in total. The summed E-state index contributed by atoms with van der Waals surface area (Å²) < 4.78 is 28.9. The molecule has 0 saturated carbocycles. The molecular weight excluding hydrogens is 202 g/mol. The predicted molar refractivity (Wildman–Crippen MR) is 48.7 cm³/mol. The molecule has 0 aliphatic carbocycles. The van der Waals surface area contributed by atoms with Crippen LogP contribution >= 0.6 is 11.6 Å². The van der Waals surface area contributed by atoms with Crippen molar-refractivity contribution in [3.63, 3.8) is 0 Å². The van der Waals surface area contributed by atoms with Crippen molar-refractivity contribution in [1.82, 2.24) is 4.72 Å². The molecule has 0 aliphatic heterocycles. The van der Waals surface area contributed by atoms with E-state index in [0.717, 1.165) is 0 Å². The number of sulfonamides is 1. The Morgan fingerprint density at radius 1 is 1.67 bits per heavy atom. The van der Waals surface area contributed by atoms with Crippen molar-refractivity contribution in [3.05, 3.63) is 11.6 Å². The number of rotatable bonds is 6. The third kappa shape index (κ3) is 6.60. The van der Waals surface area contributed by atoms with Crippen molar-refractivity contribution in [2.24, 2.45) is 0 Å². The van der Waals surface area contributed by atoms with Crippen LogP contribution in [0.5, 0.6) is 0 Å². The van der Waals surface area contributed by atoms with Crippen molar-refractivity contribution in [2.75, 3.05) is 26.0 Å². The summed E-state index contributed by atoms with van der Waals surface area (Å²) in [6.07, 6.45) is 0. The van der Waals surface area contributed by atoms with Crippen LogP contribution < -0.4 is 4.72 Å². The van der Waals surface area contributed by atoms with Crippen LogP contribution in [0.2, 0.25) is 0 Å². The van der Waals surface area contributed by atoms with Gasteiger partial charge in [0.05, 0.1) is 12.4 Å². The van der Waals surface area contributed by atoms with Crippen LogP contribution in [0.3, 0.4) is 0 Å². The smallest absolute Gasteiger partial charge is 0.214 e. The largest absolute Gasteiger partial charge is 0.384 e. The van der Waals surface area contributed by atoms with E-state index in [4.69, 9.17) is 11.6 Å². The Morgan fingerprint density at radius 2 is 2.25 bits per heavy atom. The molecule has 0 heterocycles. The number of hydrogen-bond acceptors (Lipinski definition) is 3. The van der Waals surface area contributed by atoms with E-state index < -0.39 is 10.0 Å². The van der Waals surface area contributed by atoms with Crippen molar-refractivity contribution >= 4 is 21.6 Å². The van der Waals surface area contributed by atoms with Gasteiger partial charge in [-0.15, -0.1) is 0 Å². The SMILES string of the molecule is C=C(Cl)CNS(=O)(=O)CCOC. The van der Waals surface area contributed by atoms with Gasteiger partial charge in [-0.25, -0.2) is 13.1 Å². The Bertz CT molecular complexity index is 237. The molecule has 1 N–H and O–H groups in total. The summed E-state index contributed by atoms with van der Waals surface area (Å²) in [4.78, 5) is 0. The number of hydrogen-bond donors (Lipinski definition) is 1. The summed E-state index contributed by atoms with van der Waals surface area (Å²) in [6.45, 7) is 3.58. The lowest BCUT2D eigenvalue weighted by molar-refractivity contribution is 0.217. The van der Waals surface area contributed by atoms with Crippen molar-refractivity contribution in [2.45, 2.75) is 0 Å². The van der Waals surface area contributed by atoms with E-state index in [9.17, 15) is 8.42 Å². The van der Waals surface area contributed by atoms with Crippen LogP contribution in [0.4, 0.5) is 0 Å². The molecular formula is C6H12ClNO3S. The van der Waals surface area contributed by atoms with E-state index in [2.05, 4.69) is 16.0 Å². The quantitative estimate of drug-likeness (QED) is 0.691. The van der Waals surface area contributed by atoms with Gasteiger partial charge in [-0.2, -0.15) is 0 Å². The standard InChI is InChI=1S/C6H12ClNO3S/c1-6(7)5-8-12(9,10)4-3-11-2/h8H,1,3-5H2,2H3. The summed E-state index contributed by atoms with van der Waals surface area (Å²) in [7, 11) is -1.82. The summed E-state index contributed by atoms with van der Waals surface area (Å²) in [6, 6.07) is 0. The van der Waals surface area contributed by atoms with Gasteiger partial charge in [-0.3, -0.25) is 0 Å². The van der Waals surface area contributed by atoms with Gasteiger partial charge in [0.25, 0.3) is 0 Å². The Kier molecular flexibility index (Phi) is 5.48. The molecule has 0 aromatic rings. The first-order valence-electron chi connectivity index (χ1n) is 3.27. The zero-order valence-electron chi connectivity index (χ0n) is 6.84. The van der Waals surface area contributed by atoms with E-state index in [1.54, 1.807) is 0 Å². The summed E-state index contributed by atoms with van der Waals surface area (Å²) in [5.74, 6) is -0.0618. The minimum absolute atomic E-state index is 0.0618. The first-order valence-corrected chi connectivity index (χ1v) is 5.30. The first kappa shape index (κ1) is 11.9. The summed E-state index contributed by atoms with van der Waals surface area (Å²) in [5, 5.41) is 0.260. The molecule has 12 heavy (non-hydrogen) atoms. The predicted octanol–water partition coefficient (Wildman–Crippen LogP) is 0.305. The van der Waals surface area contributed by atoms with E-state index in [-0.39, 0.29) is 23.9 Å². The minimum Gasteiger partial charge on any atom is -0.384 e. The molecule has 0 spiro atoms. The fourth-order valence-electron chi connectivity index (χ4n) is 0.453. The maximum absolute atomic E-state index is 11.0. The molecule has 0 aromatic carbocycles. The fraction of sp³-hybridized carbons (Fsp3) is 0.667. The third-order valence-electron chi connectivity index (χ3n) is 1.04. The molecule has 0 atom stereocenters. The molecule has 72 valence electrons. The second-order valence-corrected chi connectivity index (χ2v) is 4.61. The average molecular weight is 214 g/mol. The number of ether oxygens (including phenoxy) is 1. The van der Waals surface area contributed by atoms with E-state index >= 15 is 0 Å². The number of halogens is 1. The van der Waals surface area contributed by atoms with Crippen LogP contribution in [-0.2, 0) is 14.8 Å². The second kappa shape index (κ2) is 5.53. The molecule has 0 aliphatic rings. The molecule has 0 aromatic heterocycles. The van der Waals surface area contributed by atoms with Gasteiger partial charge in [0.15, 0.2) is 0 Å². The zero-order valence-corrected chi connectivity index (χ0v) is 8.41. The second-order valence-electron chi connectivity index (χ2n) is 2.15. The fourth-order valence-corrected chi connectivity index (χ4v) is 1.52. The third-order valence-corrected chi connectivity index (χ3v) is 2.46. The van der Waals surface area contributed by atoms with Crippen molar-refractivity contribution in [1.29, 1.82) is 0 Å². The van der Waals surface area contributed by atoms with Crippen LogP contribution in [0, 0.1) is 0 Å². The molecule has 0 bridgehead atoms. The van der Waals surface area contributed by atoms with Gasteiger partial charge in [0.1, 0.15) is 0 Å². The van der Waals surface area contributed by atoms with E-state index in [0.29, 0.717) is 0 Å². The first-order chi connectivity index (χ1) is 5.48. The number of methoxy groups -OCH3 is 1. The maximum atomic E-state index is 11.0. The Labute approximate surface area is 77.6 Å². The lowest BCUT2D eigenvalue weighted by Gasteiger charge is -2.03. The summed E-state index contributed by atoms with van der Waals surface area (Å²) >= 11 is 5.37. The van der Waals surface area contributed by atoms with Crippen molar-refractivity contribution in [3.8, 4) is 0 Å². The molecule has 0 saturated heterocycles. The Balaban J connectivity index is 3.80. The highest BCUT2D eigenvalue weighted by Gasteiger charge is 2.08. The molecule has 6 heteroatoms. The van der Waals surface area contributed by atoms with Gasteiger partial charge in [-0.05, 0) is 0 Å². The summed E-state index contributed by atoms with van der Waals surface area (Å²) in [5.41, 5.74) is 0. The normalized spacial score (nSPS) is 11.5. The molecule has 0 amide bonds. The van der Waals surface area contributed by atoms with Gasteiger partial charge in [0, 0.05) is 18.7 Å². The molecule has 0 fully saturated rings. The lowest BCUT2D eigenvalue weighted by Crippen LogP contribution is -2.29. The van der Waals surface area contributed by atoms with Crippen LogP contribution in [0.15, 0.2) is 11.6 Å². The molecule has 0 unspecified atom stereocenters. The lowest BCUT2D eigenvalue weighted by atomic mass is 10.7. The van der Waals surface area contributed by atoms with Gasteiger partial charge < -0.3 is 4.74 Å². The molecule has 0 radical (unpaired) electrons. The van der Waals surface area contributed by atoms with Crippen LogP contribution in [0.1, 0.15) is 0 Å². The monoisotopic (exact) mass is 213 g/mol. The average Bonchev–Trinajstić information content (AvgIpc) is 1.98. The highest BCUT2D eigenvalue weighted by Crippen LogP contribution is 1.94. The zero-order chi connectivity index (χ0) is 9.61. The van der Waals surface area contributed by atoms with Gasteiger partial charge in [-0.1, -0.05) is 18.2 Å². The van der Waals surface area contributed by atoms with E-state index in [1.165, 1.54) is 7.11 Å². The number of nitrogens with one attached hydrogen (secondary N) is 1. The van der Waals surface area contributed by atoms with Gasteiger partial charge in [0.2, 0.25) is 10.0 Å². The minimum atomic E-state index is -3.26.